The molecule has 0 amide bonds. The second kappa shape index (κ2) is 6.22. The number of hydrogen-bond acceptors (Lipinski definition) is 4. The van der Waals surface area contributed by atoms with Crippen molar-refractivity contribution in [3.63, 3.8) is 0 Å². The third-order valence-electron chi connectivity index (χ3n) is 3.22. The molecule has 4 heteroatoms. The number of anilines is 2. The third kappa shape index (κ3) is 4.37. The zero-order valence-electron chi connectivity index (χ0n) is 13.4. The standard InChI is InChI=1S/C15H28N4/c1-8-11(9-2)16-13-10-12(15(3,4)5)17-14(18-13)19(6)7/h10-11H,8-9H2,1-7H3,(H,16,17,18). The lowest BCUT2D eigenvalue weighted by Crippen LogP contribution is -2.23. The number of aromatic nitrogens is 2. The van der Waals surface area contributed by atoms with E-state index in [1.54, 1.807) is 0 Å². The molecule has 1 aromatic heterocycles. The van der Waals surface area contributed by atoms with Crippen LogP contribution in [0.15, 0.2) is 6.07 Å². The van der Waals surface area contributed by atoms with Gasteiger partial charge in [0.15, 0.2) is 0 Å². The van der Waals surface area contributed by atoms with Crippen LogP contribution >= 0.6 is 0 Å². The van der Waals surface area contributed by atoms with Crippen LogP contribution in [0.25, 0.3) is 0 Å². The fourth-order valence-corrected chi connectivity index (χ4v) is 1.79. The molecule has 108 valence electrons. The van der Waals surface area contributed by atoms with E-state index in [0.717, 1.165) is 30.3 Å². The molecule has 0 aromatic carbocycles. The van der Waals surface area contributed by atoms with Crippen molar-refractivity contribution < 1.29 is 0 Å². The van der Waals surface area contributed by atoms with Crippen LogP contribution in [-0.4, -0.2) is 30.1 Å². The number of nitrogens with one attached hydrogen (secondary N) is 1. The lowest BCUT2D eigenvalue weighted by Gasteiger charge is -2.23. The molecule has 1 N–H and O–H groups in total. The van der Waals surface area contributed by atoms with E-state index in [1.807, 2.05) is 19.0 Å². The van der Waals surface area contributed by atoms with Crippen LogP contribution < -0.4 is 10.2 Å². The van der Waals surface area contributed by atoms with Crippen molar-refractivity contribution in [3.05, 3.63) is 11.8 Å². The summed E-state index contributed by atoms with van der Waals surface area (Å²) in [6.45, 7) is 10.9. The minimum Gasteiger partial charge on any atom is -0.367 e. The first-order valence-corrected chi connectivity index (χ1v) is 7.11. The monoisotopic (exact) mass is 264 g/mol. The van der Waals surface area contributed by atoms with Gasteiger partial charge in [-0.25, -0.2) is 4.98 Å². The first-order valence-electron chi connectivity index (χ1n) is 7.11. The average Bonchev–Trinajstić information content (AvgIpc) is 2.34. The van der Waals surface area contributed by atoms with Crippen molar-refractivity contribution in [1.82, 2.24) is 9.97 Å². The molecular formula is C15H28N4. The van der Waals surface area contributed by atoms with E-state index in [1.165, 1.54) is 0 Å². The highest BCUT2D eigenvalue weighted by atomic mass is 15.2. The van der Waals surface area contributed by atoms with Crippen molar-refractivity contribution in [2.75, 3.05) is 24.3 Å². The lowest BCUT2D eigenvalue weighted by molar-refractivity contribution is 0.566. The van der Waals surface area contributed by atoms with Crippen LogP contribution in [0.1, 0.15) is 53.2 Å². The van der Waals surface area contributed by atoms with Gasteiger partial charge in [0.2, 0.25) is 5.95 Å². The fourth-order valence-electron chi connectivity index (χ4n) is 1.79. The molecule has 0 aliphatic rings. The molecule has 0 fully saturated rings. The maximum absolute atomic E-state index is 4.64. The minimum absolute atomic E-state index is 0.0258. The van der Waals surface area contributed by atoms with E-state index in [4.69, 9.17) is 0 Å². The van der Waals surface area contributed by atoms with Gasteiger partial charge in [0.1, 0.15) is 5.82 Å². The largest absolute Gasteiger partial charge is 0.367 e. The zero-order chi connectivity index (χ0) is 14.6. The summed E-state index contributed by atoms with van der Waals surface area (Å²) < 4.78 is 0. The van der Waals surface area contributed by atoms with Gasteiger partial charge < -0.3 is 10.2 Å². The maximum Gasteiger partial charge on any atom is 0.227 e. The molecule has 0 bridgehead atoms. The van der Waals surface area contributed by atoms with Crippen molar-refractivity contribution in [2.45, 2.75) is 58.9 Å². The van der Waals surface area contributed by atoms with Crippen LogP contribution in [0.3, 0.4) is 0 Å². The molecule has 1 heterocycles. The molecule has 0 saturated carbocycles. The second-order valence-electron chi connectivity index (χ2n) is 6.24. The third-order valence-corrected chi connectivity index (χ3v) is 3.22. The molecule has 0 aliphatic carbocycles. The molecule has 0 spiro atoms. The Morgan fingerprint density at radius 1 is 1.16 bits per heavy atom. The molecule has 19 heavy (non-hydrogen) atoms. The van der Waals surface area contributed by atoms with Gasteiger partial charge in [0.05, 0.1) is 5.69 Å². The van der Waals surface area contributed by atoms with Crippen LogP contribution in [0.2, 0.25) is 0 Å². The molecule has 0 radical (unpaired) electrons. The summed E-state index contributed by atoms with van der Waals surface area (Å²) in [5, 5.41) is 3.51. The van der Waals surface area contributed by atoms with E-state index < -0.39 is 0 Å². The van der Waals surface area contributed by atoms with Gasteiger partial charge in [-0.1, -0.05) is 34.6 Å². The Bertz CT molecular complexity index is 403. The first kappa shape index (κ1) is 15.7. The van der Waals surface area contributed by atoms with E-state index >= 15 is 0 Å². The lowest BCUT2D eigenvalue weighted by atomic mass is 9.92. The topological polar surface area (TPSA) is 41.1 Å². The SMILES string of the molecule is CCC(CC)Nc1cc(C(C)(C)C)nc(N(C)C)n1. The highest BCUT2D eigenvalue weighted by Gasteiger charge is 2.19. The van der Waals surface area contributed by atoms with Crippen LogP contribution in [0, 0.1) is 0 Å². The van der Waals surface area contributed by atoms with Gasteiger partial charge in [-0.15, -0.1) is 0 Å². The first-order chi connectivity index (χ1) is 8.77. The normalized spacial score (nSPS) is 11.8. The number of rotatable bonds is 5. The quantitative estimate of drug-likeness (QED) is 0.884. The van der Waals surface area contributed by atoms with Crippen molar-refractivity contribution in [2.24, 2.45) is 0 Å². The van der Waals surface area contributed by atoms with Gasteiger partial charge in [0, 0.05) is 31.6 Å². The summed E-state index contributed by atoms with van der Waals surface area (Å²) in [6, 6.07) is 2.54. The van der Waals surface area contributed by atoms with Gasteiger partial charge in [0.25, 0.3) is 0 Å². The highest BCUT2D eigenvalue weighted by Crippen LogP contribution is 2.24. The average molecular weight is 264 g/mol. The summed E-state index contributed by atoms with van der Waals surface area (Å²) in [5.41, 5.74) is 1.09. The van der Waals surface area contributed by atoms with Crippen molar-refractivity contribution >= 4 is 11.8 Å². The Morgan fingerprint density at radius 2 is 1.74 bits per heavy atom. The summed E-state index contributed by atoms with van der Waals surface area (Å²) in [5.74, 6) is 1.69. The van der Waals surface area contributed by atoms with E-state index in [9.17, 15) is 0 Å². The Labute approximate surface area is 117 Å². The summed E-state index contributed by atoms with van der Waals surface area (Å²) in [4.78, 5) is 11.2. The van der Waals surface area contributed by atoms with Crippen molar-refractivity contribution in [1.29, 1.82) is 0 Å². The minimum atomic E-state index is 0.0258. The molecule has 4 nitrogen and oxygen atoms in total. The van der Waals surface area contributed by atoms with Crippen LogP contribution in [0.5, 0.6) is 0 Å². The molecule has 1 rings (SSSR count). The Morgan fingerprint density at radius 3 is 2.16 bits per heavy atom. The van der Waals surface area contributed by atoms with Crippen LogP contribution in [0.4, 0.5) is 11.8 Å². The number of hydrogen-bond donors (Lipinski definition) is 1. The van der Waals surface area contributed by atoms with Gasteiger partial charge >= 0.3 is 0 Å². The van der Waals surface area contributed by atoms with Crippen LogP contribution in [-0.2, 0) is 5.41 Å². The predicted molar refractivity (Wildman–Crippen MR) is 83.1 cm³/mol. The van der Waals surface area contributed by atoms with Gasteiger partial charge in [-0.05, 0) is 12.8 Å². The molecule has 0 atom stereocenters. The molecule has 0 aliphatic heterocycles. The second-order valence-corrected chi connectivity index (χ2v) is 6.24. The zero-order valence-corrected chi connectivity index (χ0v) is 13.4. The van der Waals surface area contributed by atoms with E-state index in [2.05, 4.69) is 56.0 Å². The van der Waals surface area contributed by atoms with E-state index in [-0.39, 0.29) is 5.41 Å². The fraction of sp³-hybridized carbons (Fsp3) is 0.733. The molecule has 1 aromatic rings. The van der Waals surface area contributed by atoms with E-state index in [0.29, 0.717) is 6.04 Å². The Hall–Kier alpha value is -1.32. The van der Waals surface area contributed by atoms with Crippen molar-refractivity contribution in [3.8, 4) is 0 Å². The maximum atomic E-state index is 4.64. The summed E-state index contributed by atoms with van der Waals surface area (Å²) in [7, 11) is 3.95. The van der Waals surface area contributed by atoms with Gasteiger partial charge in [-0.2, -0.15) is 4.98 Å². The summed E-state index contributed by atoms with van der Waals surface area (Å²) in [6.07, 6.45) is 2.20. The number of nitrogens with zero attached hydrogens (tertiary/aromatic N) is 3. The molecule has 0 unspecified atom stereocenters. The predicted octanol–water partition coefficient (Wildman–Crippen LogP) is 3.44. The Balaban J connectivity index is 3.13. The molecule has 0 saturated heterocycles. The molecular weight excluding hydrogens is 236 g/mol. The summed E-state index contributed by atoms with van der Waals surface area (Å²) >= 11 is 0. The van der Waals surface area contributed by atoms with Gasteiger partial charge in [-0.3, -0.25) is 0 Å². The highest BCUT2D eigenvalue weighted by molar-refractivity contribution is 5.45. The smallest absolute Gasteiger partial charge is 0.227 e. The Kier molecular flexibility index (Phi) is 5.15.